The fourth-order valence-corrected chi connectivity index (χ4v) is 5.98. The number of nitrogens with zero attached hydrogens (tertiary/aromatic N) is 2. The van der Waals surface area contributed by atoms with E-state index in [1.807, 2.05) is 6.20 Å². The van der Waals surface area contributed by atoms with Gasteiger partial charge in [-0.15, -0.1) is 0 Å². The van der Waals surface area contributed by atoms with E-state index in [0.29, 0.717) is 12.1 Å². The Bertz CT molecular complexity index is 1340. The number of benzene rings is 2. The smallest absolute Gasteiger partial charge is 0.123 e. The zero-order chi connectivity index (χ0) is 23.2. The number of fused-ring (bicyclic) bond motifs is 2. The maximum atomic E-state index is 5.04. The van der Waals surface area contributed by atoms with Crippen LogP contribution in [-0.2, 0) is 19.3 Å². The maximum Gasteiger partial charge on any atom is 0.123 e. The van der Waals surface area contributed by atoms with Gasteiger partial charge in [0.1, 0.15) is 11.6 Å². The van der Waals surface area contributed by atoms with Crippen LogP contribution >= 0.6 is 0 Å². The quantitative estimate of drug-likeness (QED) is 0.342. The normalized spacial score (nSPS) is 21.6. The van der Waals surface area contributed by atoms with Crippen LogP contribution in [0.1, 0.15) is 71.9 Å². The second-order valence-corrected chi connectivity index (χ2v) is 10.3. The molecule has 0 amide bonds. The highest BCUT2D eigenvalue weighted by atomic mass is 15.1. The van der Waals surface area contributed by atoms with E-state index >= 15 is 0 Å². The zero-order valence-electron chi connectivity index (χ0n) is 20.0. The van der Waals surface area contributed by atoms with E-state index in [4.69, 9.17) is 4.98 Å². The largest absolute Gasteiger partial charge is 0.344 e. The molecule has 0 radical (unpaired) electrons. The molecule has 0 spiro atoms. The molecule has 0 saturated carbocycles. The number of nitrogens with one attached hydrogen (secondary N) is 4. The average Bonchev–Trinajstić information content (AvgIpc) is 3.70. The van der Waals surface area contributed by atoms with E-state index in [1.54, 1.807) is 0 Å². The van der Waals surface area contributed by atoms with Gasteiger partial charge in [0, 0.05) is 12.1 Å². The van der Waals surface area contributed by atoms with Crippen LogP contribution in [0.4, 0.5) is 0 Å². The molecule has 2 aliphatic heterocycles. The molecule has 4 N–H and O–H groups in total. The van der Waals surface area contributed by atoms with Gasteiger partial charge in [-0.3, -0.25) is 0 Å². The summed E-state index contributed by atoms with van der Waals surface area (Å²) < 4.78 is 0. The maximum absolute atomic E-state index is 5.04. The van der Waals surface area contributed by atoms with Crippen molar-refractivity contribution >= 4 is 0 Å². The summed E-state index contributed by atoms with van der Waals surface area (Å²) in [6.07, 6.45) is 9.77. The standard InChI is InChI=1S/C29H32N6/c1-3-24(30-13-1)28-32-17-27(35-28)20-8-5-18(6-9-20)21-10-7-19-11-12-23-26(16-22(19)15-21)34-29(33-23)25-4-2-14-31-25/h5-10,15,17,24-25,30-31H,1-4,11-14,16H2,(H,32,35)(H,33,34)/t24-,25-/m0/s1. The Hall–Kier alpha value is -3.22. The van der Waals surface area contributed by atoms with Gasteiger partial charge in [0.05, 0.1) is 29.7 Å². The highest BCUT2D eigenvalue weighted by Crippen LogP contribution is 2.31. The second kappa shape index (κ2) is 8.77. The highest BCUT2D eigenvalue weighted by Gasteiger charge is 2.24. The first-order chi connectivity index (χ1) is 17.3. The van der Waals surface area contributed by atoms with Crippen LogP contribution in [0, 0.1) is 0 Å². The van der Waals surface area contributed by atoms with Gasteiger partial charge < -0.3 is 20.6 Å². The molecule has 6 nitrogen and oxygen atoms in total. The van der Waals surface area contributed by atoms with Gasteiger partial charge in [0.25, 0.3) is 0 Å². The van der Waals surface area contributed by atoms with Crippen LogP contribution in [0.15, 0.2) is 48.7 Å². The highest BCUT2D eigenvalue weighted by molar-refractivity contribution is 5.69. The molecule has 0 unspecified atom stereocenters. The zero-order valence-corrected chi connectivity index (χ0v) is 20.0. The van der Waals surface area contributed by atoms with Crippen molar-refractivity contribution in [3.05, 3.63) is 82.8 Å². The first kappa shape index (κ1) is 21.1. The number of aromatic amines is 2. The van der Waals surface area contributed by atoms with Crippen molar-refractivity contribution in [1.82, 2.24) is 30.6 Å². The van der Waals surface area contributed by atoms with Gasteiger partial charge in [0.15, 0.2) is 0 Å². The molecule has 4 aromatic rings. The molecule has 4 heterocycles. The Balaban J connectivity index is 1.12. The fourth-order valence-electron chi connectivity index (χ4n) is 5.98. The second-order valence-electron chi connectivity index (χ2n) is 10.3. The third-order valence-corrected chi connectivity index (χ3v) is 8.00. The van der Waals surface area contributed by atoms with Crippen LogP contribution in [0.2, 0.25) is 0 Å². The third kappa shape index (κ3) is 4.01. The van der Waals surface area contributed by atoms with E-state index < -0.39 is 0 Å². The van der Waals surface area contributed by atoms with Gasteiger partial charge in [-0.05, 0) is 79.4 Å². The molecule has 2 fully saturated rings. The van der Waals surface area contributed by atoms with Crippen molar-refractivity contribution < 1.29 is 0 Å². The molecular weight excluding hydrogens is 432 g/mol. The SMILES string of the molecule is c1cc(-c2cnc([C@@H]3CCCN3)[nH]2)ccc1-c1ccc2c(c1)Cc1nc([C@@H]3CCCN3)[nH]c1CC2. The summed E-state index contributed by atoms with van der Waals surface area (Å²) in [7, 11) is 0. The lowest BCUT2D eigenvalue weighted by molar-refractivity contribution is 0.609. The van der Waals surface area contributed by atoms with Gasteiger partial charge in [0.2, 0.25) is 0 Å². The molecule has 35 heavy (non-hydrogen) atoms. The summed E-state index contributed by atoms with van der Waals surface area (Å²) in [5, 5.41) is 7.09. The lowest BCUT2D eigenvalue weighted by atomic mass is 9.95. The van der Waals surface area contributed by atoms with Crippen molar-refractivity contribution in [3.8, 4) is 22.4 Å². The number of rotatable bonds is 4. The molecule has 2 aromatic heterocycles. The van der Waals surface area contributed by atoms with Crippen molar-refractivity contribution in [2.45, 2.75) is 57.0 Å². The Kier molecular flexibility index (Phi) is 5.29. The summed E-state index contributed by atoms with van der Waals surface area (Å²) in [6, 6.07) is 16.6. The molecule has 0 bridgehead atoms. The topological polar surface area (TPSA) is 81.4 Å². The number of aryl methyl sites for hydroxylation is 2. The number of aromatic nitrogens is 4. The van der Waals surface area contributed by atoms with Crippen molar-refractivity contribution in [3.63, 3.8) is 0 Å². The molecule has 178 valence electrons. The minimum atomic E-state index is 0.364. The molecule has 1 aliphatic carbocycles. The monoisotopic (exact) mass is 464 g/mol. The van der Waals surface area contributed by atoms with Crippen molar-refractivity contribution in [1.29, 1.82) is 0 Å². The Morgan fingerprint density at radius 2 is 1.46 bits per heavy atom. The molecule has 3 aliphatic rings. The average molecular weight is 465 g/mol. The van der Waals surface area contributed by atoms with Crippen LogP contribution in [-0.4, -0.2) is 33.0 Å². The molecule has 2 atom stereocenters. The van der Waals surface area contributed by atoms with E-state index in [2.05, 4.69) is 68.1 Å². The van der Waals surface area contributed by atoms with Crippen LogP contribution < -0.4 is 10.6 Å². The van der Waals surface area contributed by atoms with Gasteiger partial charge in [-0.2, -0.15) is 0 Å². The first-order valence-corrected chi connectivity index (χ1v) is 13.1. The Labute approximate surface area is 206 Å². The minimum absolute atomic E-state index is 0.364. The number of hydrogen-bond acceptors (Lipinski definition) is 4. The minimum Gasteiger partial charge on any atom is -0.344 e. The predicted molar refractivity (Wildman–Crippen MR) is 138 cm³/mol. The molecule has 6 heteroatoms. The fraction of sp³-hybridized carbons (Fsp3) is 0.379. The molecular formula is C29H32N6. The predicted octanol–water partition coefficient (Wildman–Crippen LogP) is 5.01. The molecule has 2 aromatic carbocycles. The lowest BCUT2D eigenvalue weighted by Crippen LogP contribution is -2.14. The third-order valence-electron chi connectivity index (χ3n) is 8.00. The van der Waals surface area contributed by atoms with Gasteiger partial charge in [-0.25, -0.2) is 9.97 Å². The van der Waals surface area contributed by atoms with Crippen LogP contribution in [0.5, 0.6) is 0 Å². The summed E-state index contributed by atoms with van der Waals surface area (Å²) in [4.78, 5) is 16.8. The van der Waals surface area contributed by atoms with E-state index in [-0.39, 0.29) is 0 Å². The van der Waals surface area contributed by atoms with E-state index in [9.17, 15) is 0 Å². The number of imidazole rings is 2. The Morgan fingerprint density at radius 1 is 0.714 bits per heavy atom. The molecule has 7 rings (SSSR count). The number of H-pyrrole nitrogens is 2. The van der Waals surface area contributed by atoms with Crippen LogP contribution in [0.25, 0.3) is 22.4 Å². The van der Waals surface area contributed by atoms with Crippen molar-refractivity contribution in [2.24, 2.45) is 0 Å². The lowest BCUT2D eigenvalue weighted by Gasteiger charge is -2.10. The van der Waals surface area contributed by atoms with E-state index in [0.717, 1.165) is 56.1 Å². The van der Waals surface area contributed by atoms with Gasteiger partial charge in [-0.1, -0.05) is 42.5 Å². The number of hydrogen-bond donors (Lipinski definition) is 4. The summed E-state index contributed by atoms with van der Waals surface area (Å²) >= 11 is 0. The van der Waals surface area contributed by atoms with Crippen LogP contribution in [0.3, 0.4) is 0 Å². The summed E-state index contributed by atoms with van der Waals surface area (Å²) in [6.45, 7) is 2.18. The van der Waals surface area contributed by atoms with Crippen molar-refractivity contribution in [2.75, 3.05) is 13.1 Å². The van der Waals surface area contributed by atoms with Gasteiger partial charge >= 0.3 is 0 Å². The van der Waals surface area contributed by atoms with E-state index in [1.165, 1.54) is 58.5 Å². The first-order valence-electron chi connectivity index (χ1n) is 13.1. The Morgan fingerprint density at radius 3 is 2.23 bits per heavy atom. The summed E-state index contributed by atoms with van der Waals surface area (Å²) in [5.41, 5.74) is 10.2. The summed E-state index contributed by atoms with van der Waals surface area (Å²) in [5.74, 6) is 2.19. The molecule has 2 saturated heterocycles.